The van der Waals surface area contributed by atoms with Gasteiger partial charge in [0.05, 0.1) is 0 Å². The van der Waals surface area contributed by atoms with E-state index < -0.39 is 0 Å². The Kier molecular flexibility index (Phi) is 4.44. The molecule has 4 rings (SSSR count). The minimum absolute atomic E-state index is 0.382. The van der Waals surface area contributed by atoms with E-state index in [4.69, 9.17) is 21.1 Å². The molecule has 140 valence electrons. The van der Waals surface area contributed by atoms with Crippen molar-refractivity contribution in [3.8, 4) is 0 Å². The molecule has 6 nitrogen and oxygen atoms in total. The van der Waals surface area contributed by atoms with Crippen molar-refractivity contribution in [2.45, 2.75) is 13.8 Å². The van der Waals surface area contributed by atoms with E-state index in [1.54, 1.807) is 24.3 Å². The molecular weight excluding hydrogens is 376 g/mol. The molecule has 0 unspecified atom stereocenters. The van der Waals surface area contributed by atoms with Gasteiger partial charge in [0.2, 0.25) is 0 Å². The summed E-state index contributed by atoms with van der Waals surface area (Å²) >= 11 is 5.46. The lowest BCUT2D eigenvalue weighted by Crippen LogP contribution is -2.20. The minimum atomic E-state index is -0.382. The Labute approximate surface area is 164 Å². The first-order valence-corrected chi connectivity index (χ1v) is 8.97. The predicted octanol–water partition coefficient (Wildman–Crippen LogP) is 4.33. The van der Waals surface area contributed by atoms with E-state index in [2.05, 4.69) is 10.6 Å². The first-order valence-electron chi connectivity index (χ1n) is 8.56. The van der Waals surface area contributed by atoms with Gasteiger partial charge in [-0.2, -0.15) is 0 Å². The van der Waals surface area contributed by atoms with Crippen molar-refractivity contribution in [3.63, 3.8) is 0 Å². The van der Waals surface area contributed by atoms with Crippen molar-refractivity contribution in [2.24, 2.45) is 0 Å². The second kappa shape index (κ2) is 6.94. The third-order valence-electron chi connectivity index (χ3n) is 4.43. The number of fused-ring (bicyclic) bond motifs is 2. The summed E-state index contributed by atoms with van der Waals surface area (Å²) < 4.78 is 10.4. The van der Waals surface area contributed by atoms with Gasteiger partial charge >= 0.3 is 11.3 Å². The van der Waals surface area contributed by atoms with Crippen LogP contribution in [0.15, 0.2) is 67.0 Å². The quantitative estimate of drug-likeness (QED) is 0.388. The van der Waals surface area contributed by atoms with Crippen LogP contribution in [-0.2, 0) is 0 Å². The molecule has 7 heteroatoms. The highest BCUT2D eigenvalue weighted by Gasteiger charge is 2.09. The molecule has 0 aliphatic carbocycles. The van der Waals surface area contributed by atoms with Crippen LogP contribution in [0.3, 0.4) is 0 Å². The van der Waals surface area contributed by atoms with Crippen molar-refractivity contribution < 1.29 is 8.83 Å². The van der Waals surface area contributed by atoms with Crippen LogP contribution < -0.4 is 21.9 Å². The Bertz CT molecular complexity index is 1250. The zero-order chi connectivity index (χ0) is 19.8. The van der Waals surface area contributed by atoms with Gasteiger partial charge in [0.25, 0.3) is 0 Å². The summed E-state index contributed by atoms with van der Waals surface area (Å²) in [5.41, 5.74) is 3.69. The molecule has 4 aromatic rings. The van der Waals surface area contributed by atoms with E-state index in [0.717, 1.165) is 33.3 Å². The van der Waals surface area contributed by atoms with E-state index in [9.17, 15) is 9.59 Å². The summed E-state index contributed by atoms with van der Waals surface area (Å²) in [5.74, 6) is 0. The molecule has 0 saturated carbocycles. The number of thiocarbonyl (C=S) groups is 1. The molecule has 0 atom stereocenters. The molecule has 0 saturated heterocycles. The molecule has 0 amide bonds. The van der Waals surface area contributed by atoms with E-state index in [0.29, 0.717) is 16.3 Å². The molecule has 0 radical (unpaired) electrons. The number of aryl methyl sites for hydroxylation is 2. The van der Waals surface area contributed by atoms with Gasteiger partial charge in [0, 0.05) is 34.3 Å². The molecular formula is C21H16N2O4S. The standard InChI is InChI=1S/C21H16N2O4S/c1-11-7-17-13(3-5-19(24)26-17)9-15(11)22-21(28)23-16-10-14-4-6-20(25)27-18(14)8-12(16)2/h3-10H,1-2H3,(H2,22,23,28). The van der Waals surface area contributed by atoms with E-state index >= 15 is 0 Å². The van der Waals surface area contributed by atoms with Gasteiger partial charge < -0.3 is 19.5 Å². The maximum atomic E-state index is 11.4. The Balaban J connectivity index is 1.61. The lowest BCUT2D eigenvalue weighted by atomic mass is 10.1. The smallest absolute Gasteiger partial charge is 0.336 e. The number of nitrogens with one attached hydrogen (secondary N) is 2. The largest absolute Gasteiger partial charge is 0.423 e. The van der Waals surface area contributed by atoms with Gasteiger partial charge in [-0.3, -0.25) is 0 Å². The van der Waals surface area contributed by atoms with Gasteiger partial charge in [-0.05, 0) is 73.6 Å². The summed E-state index contributed by atoms with van der Waals surface area (Å²) in [6, 6.07) is 13.5. The highest BCUT2D eigenvalue weighted by atomic mass is 32.1. The molecule has 2 aromatic carbocycles. The summed E-state index contributed by atoms with van der Waals surface area (Å²) in [5, 5.41) is 8.37. The number of hydrogen-bond acceptors (Lipinski definition) is 5. The van der Waals surface area contributed by atoms with Crippen LogP contribution in [0.1, 0.15) is 11.1 Å². The second-order valence-electron chi connectivity index (χ2n) is 6.50. The number of benzene rings is 2. The zero-order valence-corrected chi connectivity index (χ0v) is 16.0. The topological polar surface area (TPSA) is 84.5 Å². The number of hydrogen-bond donors (Lipinski definition) is 2. The van der Waals surface area contributed by atoms with E-state index in [-0.39, 0.29) is 11.3 Å². The highest BCUT2D eigenvalue weighted by molar-refractivity contribution is 7.80. The fourth-order valence-electron chi connectivity index (χ4n) is 2.98. The van der Waals surface area contributed by atoms with Crippen LogP contribution in [-0.4, -0.2) is 5.11 Å². The van der Waals surface area contributed by atoms with Crippen molar-refractivity contribution in [3.05, 3.63) is 80.5 Å². The van der Waals surface area contributed by atoms with Crippen LogP contribution in [0, 0.1) is 13.8 Å². The van der Waals surface area contributed by atoms with Crippen molar-refractivity contribution in [1.82, 2.24) is 0 Å². The van der Waals surface area contributed by atoms with E-state index in [1.807, 2.05) is 26.0 Å². The van der Waals surface area contributed by atoms with Crippen LogP contribution in [0.2, 0.25) is 0 Å². The maximum absolute atomic E-state index is 11.4. The van der Waals surface area contributed by atoms with Crippen molar-refractivity contribution in [1.29, 1.82) is 0 Å². The van der Waals surface area contributed by atoms with Crippen LogP contribution in [0.5, 0.6) is 0 Å². The molecule has 0 aliphatic heterocycles. The minimum Gasteiger partial charge on any atom is -0.423 e. The summed E-state index contributed by atoms with van der Waals surface area (Å²) in [7, 11) is 0. The Morgan fingerprint density at radius 1 is 0.750 bits per heavy atom. The molecule has 28 heavy (non-hydrogen) atoms. The fraction of sp³-hybridized carbons (Fsp3) is 0.0952. The third-order valence-corrected chi connectivity index (χ3v) is 4.63. The van der Waals surface area contributed by atoms with Crippen LogP contribution >= 0.6 is 12.2 Å². The number of rotatable bonds is 2. The summed E-state index contributed by atoms with van der Waals surface area (Å²) in [6.45, 7) is 3.81. The first-order chi connectivity index (χ1) is 13.4. The van der Waals surface area contributed by atoms with Gasteiger partial charge in [-0.1, -0.05) is 0 Å². The van der Waals surface area contributed by atoms with Crippen molar-refractivity contribution in [2.75, 3.05) is 10.6 Å². The van der Waals surface area contributed by atoms with Crippen molar-refractivity contribution >= 4 is 50.6 Å². The van der Waals surface area contributed by atoms with E-state index in [1.165, 1.54) is 12.1 Å². The maximum Gasteiger partial charge on any atom is 0.336 e. The van der Waals surface area contributed by atoms with Crippen LogP contribution in [0.25, 0.3) is 21.9 Å². The molecule has 0 aliphatic rings. The van der Waals surface area contributed by atoms with Gasteiger partial charge in [0.1, 0.15) is 11.2 Å². The lowest BCUT2D eigenvalue weighted by molar-refractivity contribution is 0.560. The third kappa shape index (κ3) is 3.52. The number of anilines is 2. The van der Waals surface area contributed by atoms with Gasteiger partial charge in [-0.15, -0.1) is 0 Å². The van der Waals surface area contributed by atoms with Gasteiger partial charge in [0.15, 0.2) is 5.11 Å². The molecule has 2 aromatic heterocycles. The summed E-state index contributed by atoms with van der Waals surface area (Å²) in [6.07, 6.45) is 0. The first kappa shape index (κ1) is 17.9. The Hall–Kier alpha value is -3.45. The molecule has 2 N–H and O–H groups in total. The van der Waals surface area contributed by atoms with Crippen LogP contribution in [0.4, 0.5) is 11.4 Å². The average molecular weight is 392 g/mol. The molecule has 0 bridgehead atoms. The highest BCUT2D eigenvalue weighted by Crippen LogP contribution is 2.25. The average Bonchev–Trinajstić information content (AvgIpc) is 2.63. The zero-order valence-electron chi connectivity index (χ0n) is 15.2. The van der Waals surface area contributed by atoms with Gasteiger partial charge in [-0.25, -0.2) is 9.59 Å². The molecule has 0 fully saturated rings. The SMILES string of the molecule is Cc1cc2oc(=O)ccc2cc1NC(=S)Nc1cc2ccc(=O)oc2cc1C. The Morgan fingerprint density at radius 3 is 1.61 bits per heavy atom. The molecule has 0 spiro atoms. The predicted molar refractivity (Wildman–Crippen MR) is 114 cm³/mol. The lowest BCUT2D eigenvalue weighted by Gasteiger charge is -2.15. The Morgan fingerprint density at radius 2 is 1.18 bits per heavy atom. The normalized spacial score (nSPS) is 10.9. The second-order valence-corrected chi connectivity index (χ2v) is 6.91. The monoisotopic (exact) mass is 392 g/mol. The molecule has 2 heterocycles. The summed E-state index contributed by atoms with van der Waals surface area (Å²) in [4.78, 5) is 22.7. The fourth-order valence-corrected chi connectivity index (χ4v) is 3.20.